The molecule has 1 aliphatic rings. The fourth-order valence-electron chi connectivity index (χ4n) is 2.51. The molecule has 0 aliphatic heterocycles. The summed E-state index contributed by atoms with van der Waals surface area (Å²) in [6.07, 6.45) is 2.69. The van der Waals surface area contributed by atoms with Gasteiger partial charge in [-0.25, -0.2) is 0 Å². The van der Waals surface area contributed by atoms with Gasteiger partial charge in [-0.1, -0.05) is 15.9 Å². The Kier molecular flexibility index (Phi) is 5.55. The van der Waals surface area contributed by atoms with Crippen molar-refractivity contribution in [3.8, 4) is 0 Å². The van der Waals surface area contributed by atoms with E-state index in [-0.39, 0.29) is 0 Å². The van der Waals surface area contributed by atoms with Gasteiger partial charge >= 0.3 is 0 Å². The van der Waals surface area contributed by atoms with E-state index in [1.54, 1.807) is 7.11 Å². The van der Waals surface area contributed by atoms with E-state index < -0.39 is 0 Å². The number of halogens is 2. The average molecular weight is 347 g/mol. The van der Waals surface area contributed by atoms with Crippen molar-refractivity contribution in [2.24, 2.45) is 5.92 Å². The zero-order valence-electron chi connectivity index (χ0n) is 11.5. The molecule has 0 aromatic heterocycles. The van der Waals surface area contributed by atoms with Gasteiger partial charge in [0.25, 0.3) is 0 Å². The second kappa shape index (κ2) is 6.96. The van der Waals surface area contributed by atoms with Crippen LogP contribution in [0, 0.1) is 5.92 Å². The monoisotopic (exact) mass is 345 g/mol. The fourth-order valence-corrected chi connectivity index (χ4v) is 3.13. The van der Waals surface area contributed by atoms with Crippen LogP contribution in [0.25, 0.3) is 0 Å². The Bertz CT molecular complexity index is 423. The number of hydrogen-bond acceptors (Lipinski definition) is 2. The van der Waals surface area contributed by atoms with Gasteiger partial charge in [0.15, 0.2) is 0 Å². The molecule has 1 atom stereocenters. The quantitative estimate of drug-likeness (QED) is 0.677. The molecule has 1 fully saturated rings. The number of rotatable bonds is 7. The van der Waals surface area contributed by atoms with Gasteiger partial charge in [0.05, 0.1) is 6.61 Å². The summed E-state index contributed by atoms with van der Waals surface area (Å²) in [6.45, 7) is 3.97. The largest absolute Gasteiger partial charge is 0.383 e. The van der Waals surface area contributed by atoms with Crippen molar-refractivity contribution in [2.75, 3.05) is 25.2 Å². The molecule has 0 amide bonds. The maximum Gasteiger partial charge on any atom is 0.0637 e. The van der Waals surface area contributed by atoms with E-state index in [1.807, 2.05) is 0 Å². The maximum atomic E-state index is 6.10. The molecule has 1 aromatic rings. The average Bonchev–Trinajstić information content (AvgIpc) is 3.24. The molecule has 0 radical (unpaired) electrons. The van der Waals surface area contributed by atoms with Crippen LogP contribution in [-0.2, 0) is 10.6 Å². The Balaban J connectivity index is 2.25. The van der Waals surface area contributed by atoms with E-state index in [2.05, 4.69) is 46.0 Å². The molecule has 4 heteroatoms. The topological polar surface area (TPSA) is 12.5 Å². The molecule has 1 saturated carbocycles. The lowest BCUT2D eigenvalue weighted by atomic mass is 10.1. The first kappa shape index (κ1) is 15.1. The summed E-state index contributed by atoms with van der Waals surface area (Å²) in [5.41, 5.74) is 2.43. The first-order chi connectivity index (χ1) is 9.17. The SMILES string of the molecule is COCCN(c1ccc(Br)cc1CCl)C(C)C1CC1. The van der Waals surface area contributed by atoms with E-state index in [4.69, 9.17) is 16.3 Å². The molecular weight excluding hydrogens is 326 g/mol. The second-order valence-corrected chi connectivity index (χ2v) is 6.35. The van der Waals surface area contributed by atoms with E-state index in [0.717, 1.165) is 23.5 Å². The zero-order valence-corrected chi connectivity index (χ0v) is 13.9. The van der Waals surface area contributed by atoms with Crippen molar-refractivity contribution in [2.45, 2.75) is 31.7 Å². The van der Waals surface area contributed by atoms with Gasteiger partial charge in [0, 0.05) is 35.7 Å². The summed E-state index contributed by atoms with van der Waals surface area (Å²) in [6, 6.07) is 6.92. The third-order valence-electron chi connectivity index (χ3n) is 3.83. The van der Waals surface area contributed by atoms with Crippen LogP contribution in [0.1, 0.15) is 25.3 Å². The molecule has 2 rings (SSSR count). The van der Waals surface area contributed by atoms with Crippen LogP contribution in [0.5, 0.6) is 0 Å². The smallest absolute Gasteiger partial charge is 0.0637 e. The minimum absolute atomic E-state index is 0.537. The Morgan fingerprint density at radius 1 is 1.47 bits per heavy atom. The first-order valence-electron chi connectivity index (χ1n) is 6.77. The number of ether oxygens (including phenoxy) is 1. The number of nitrogens with zero attached hydrogens (tertiary/aromatic N) is 1. The van der Waals surface area contributed by atoms with Crippen LogP contribution in [0.15, 0.2) is 22.7 Å². The third-order valence-corrected chi connectivity index (χ3v) is 4.61. The van der Waals surface area contributed by atoms with E-state index >= 15 is 0 Å². The van der Waals surface area contributed by atoms with Crippen molar-refractivity contribution in [1.29, 1.82) is 0 Å². The van der Waals surface area contributed by atoms with Gasteiger partial charge in [-0.3, -0.25) is 0 Å². The number of anilines is 1. The first-order valence-corrected chi connectivity index (χ1v) is 8.10. The summed E-state index contributed by atoms with van der Waals surface area (Å²) in [5.74, 6) is 1.36. The van der Waals surface area contributed by atoms with Crippen LogP contribution >= 0.6 is 27.5 Å². The normalized spacial score (nSPS) is 16.4. The molecule has 0 N–H and O–H groups in total. The van der Waals surface area contributed by atoms with Crippen molar-refractivity contribution < 1.29 is 4.74 Å². The lowest BCUT2D eigenvalue weighted by molar-refractivity contribution is 0.202. The van der Waals surface area contributed by atoms with E-state index in [9.17, 15) is 0 Å². The highest BCUT2D eigenvalue weighted by molar-refractivity contribution is 9.10. The summed E-state index contributed by atoms with van der Waals surface area (Å²) in [7, 11) is 1.75. The molecule has 0 spiro atoms. The van der Waals surface area contributed by atoms with Crippen molar-refractivity contribution >= 4 is 33.2 Å². The van der Waals surface area contributed by atoms with Crippen LogP contribution in [0.4, 0.5) is 5.69 Å². The third kappa shape index (κ3) is 3.87. The van der Waals surface area contributed by atoms with E-state index in [1.165, 1.54) is 24.1 Å². The second-order valence-electron chi connectivity index (χ2n) is 5.17. The van der Waals surface area contributed by atoms with Crippen LogP contribution in [0.3, 0.4) is 0 Å². The molecular formula is C15H21BrClNO. The van der Waals surface area contributed by atoms with Crippen molar-refractivity contribution in [3.63, 3.8) is 0 Å². The highest BCUT2D eigenvalue weighted by atomic mass is 79.9. The Morgan fingerprint density at radius 3 is 2.79 bits per heavy atom. The number of alkyl halides is 1. The van der Waals surface area contributed by atoms with Crippen LogP contribution < -0.4 is 4.90 Å². The van der Waals surface area contributed by atoms with Gasteiger partial charge in [-0.15, -0.1) is 11.6 Å². The fraction of sp³-hybridized carbons (Fsp3) is 0.600. The molecule has 0 bridgehead atoms. The van der Waals surface area contributed by atoms with Crippen molar-refractivity contribution in [3.05, 3.63) is 28.2 Å². The Hall–Kier alpha value is -0.250. The van der Waals surface area contributed by atoms with E-state index in [0.29, 0.717) is 11.9 Å². The van der Waals surface area contributed by atoms with Gasteiger partial charge in [0.1, 0.15) is 0 Å². The zero-order chi connectivity index (χ0) is 13.8. The van der Waals surface area contributed by atoms with Gasteiger partial charge in [-0.05, 0) is 49.4 Å². The molecule has 106 valence electrons. The van der Waals surface area contributed by atoms with Gasteiger partial charge in [-0.2, -0.15) is 0 Å². The Labute approximate surface area is 129 Å². The molecule has 1 unspecified atom stereocenters. The predicted octanol–water partition coefficient (Wildman–Crippen LogP) is 4.44. The van der Waals surface area contributed by atoms with Gasteiger partial charge < -0.3 is 9.64 Å². The number of methoxy groups -OCH3 is 1. The summed E-state index contributed by atoms with van der Waals surface area (Å²) in [5, 5.41) is 0. The minimum atomic E-state index is 0.537. The Morgan fingerprint density at radius 2 is 2.21 bits per heavy atom. The maximum absolute atomic E-state index is 6.10. The highest BCUT2D eigenvalue weighted by Gasteiger charge is 2.32. The minimum Gasteiger partial charge on any atom is -0.383 e. The highest BCUT2D eigenvalue weighted by Crippen LogP contribution is 2.38. The van der Waals surface area contributed by atoms with Gasteiger partial charge in [0.2, 0.25) is 0 Å². The molecule has 1 aromatic carbocycles. The summed E-state index contributed by atoms with van der Waals surface area (Å²) in [4.78, 5) is 2.45. The number of hydrogen-bond donors (Lipinski definition) is 0. The molecule has 0 saturated heterocycles. The van der Waals surface area contributed by atoms with Crippen molar-refractivity contribution in [1.82, 2.24) is 0 Å². The summed E-state index contributed by atoms with van der Waals surface area (Å²) >= 11 is 9.62. The lowest BCUT2D eigenvalue weighted by Gasteiger charge is -2.33. The predicted molar refractivity (Wildman–Crippen MR) is 85.1 cm³/mol. The molecule has 1 aliphatic carbocycles. The summed E-state index contributed by atoms with van der Waals surface area (Å²) < 4.78 is 6.34. The lowest BCUT2D eigenvalue weighted by Crippen LogP contribution is -2.37. The molecule has 19 heavy (non-hydrogen) atoms. The van der Waals surface area contributed by atoms with Crippen LogP contribution in [-0.4, -0.2) is 26.3 Å². The molecule has 0 heterocycles. The molecule has 2 nitrogen and oxygen atoms in total. The number of benzene rings is 1. The van der Waals surface area contributed by atoms with Crippen LogP contribution in [0.2, 0.25) is 0 Å². The standard InChI is InChI=1S/C15H21BrClNO/c1-11(12-3-4-12)18(7-8-19-2)15-6-5-14(16)9-13(15)10-17/h5-6,9,11-12H,3-4,7-8,10H2,1-2H3.